The molecule has 0 atom stereocenters. The average molecular weight is 394 g/mol. The summed E-state index contributed by atoms with van der Waals surface area (Å²) in [7, 11) is 4.70. The Morgan fingerprint density at radius 2 is 1.83 bits per heavy atom. The van der Waals surface area contributed by atoms with Crippen molar-refractivity contribution in [2.45, 2.75) is 6.61 Å². The van der Waals surface area contributed by atoms with E-state index in [9.17, 15) is 9.59 Å². The molecule has 7 heteroatoms. The van der Waals surface area contributed by atoms with Gasteiger partial charge in [-0.05, 0) is 41.5 Å². The summed E-state index contributed by atoms with van der Waals surface area (Å²) in [6.45, 7) is 0.334. The third-order valence-corrected chi connectivity index (χ3v) is 4.33. The number of aromatic nitrogens is 1. The molecule has 0 aliphatic carbocycles. The van der Waals surface area contributed by atoms with E-state index in [4.69, 9.17) is 14.2 Å². The number of amides is 1. The Kier molecular flexibility index (Phi) is 6.31. The molecule has 3 aromatic rings. The minimum Gasteiger partial charge on any atom is -0.493 e. The number of pyridine rings is 1. The maximum atomic E-state index is 12.3. The molecule has 0 fully saturated rings. The van der Waals surface area contributed by atoms with Crippen LogP contribution in [-0.4, -0.2) is 32.2 Å². The van der Waals surface area contributed by atoms with Gasteiger partial charge < -0.3 is 24.5 Å². The summed E-state index contributed by atoms with van der Waals surface area (Å²) in [6.07, 6.45) is 3.10. The van der Waals surface area contributed by atoms with E-state index >= 15 is 0 Å². The highest BCUT2D eigenvalue weighted by atomic mass is 16.5. The average Bonchev–Trinajstić information content (AvgIpc) is 2.71. The molecule has 0 saturated heterocycles. The molecule has 2 aromatic carbocycles. The number of carbonyl (C=O) groups excluding carboxylic acids is 1. The zero-order valence-corrected chi connectivity index (χ0v) is 16.4. The van der Waals surface area contributed by atoms with Gasteiger partial charge in [0.2, 0.25) is 11.5 Å². The van der Waals surface area contributed by atoms with E-state index in [2.05, 4.69) is 10.3 Å². The third kappa shape index (κ3) is 4.83. The number of H-pyrrole nitrogens is 1. The molecule has 1 heterocycles. The largest absolute Gasteiger partial charge is 0.493 e. The minimum atomic E-state index is -0.297. The quantitative estimate of drug-likeness (QED) is 0.600. The number of benzene rings is 2. The van der Waals surface area contributed by atoms with Gasteiger partial charge in [-0.2, -0.15) is 0 Å². The van der Waals surface area contributed by atoms with E-state index in [0.717, 1.165) is 16.5 Å². The number of hydrogen-bond donors (Lipinski definition) is 2. The van der Waals surface area contributed by atoms with Crippen LogP contribution in [0.15, 0.2) is 53.3 Å². The molecule has 7 nitrogen and oxygen atoms in total. The molecule has 0 aliphatic rings. The van der Waals surface area contributed by atoms with Crippen LogP contribution in [0.3, 0.4) is 0 Å². The number of hydrogen-bond acceptors (Lipinski definition) is 5. The molecule has 1 aromatic heterocycles. The second kappa shape index (κ2) is 9.07. The zero-order valence-electron chi connectivity index (χ0n) is 16.4. The first kappa shape index (κ1) is 20.2. The van der Waals surface area contributed by atoms with Crippen molar-refractivity contribution in [3.05, 3.63) is 70.0 Å². The van der Waals surface area contributed by atoms with Gasteiger partial charge in [0, 0.05) is 30.3 Å². The Labute approximate surface area is 167 Å². The number of nitrogens with one attached hydrogen (secondary N) is 2. The standard InChI is InChI=1S/C22H22N2O5/c1-27-13-15-11-22(26)24-18-12-16(6-7-17(15)18)23-21(25)9-5-14-4-8-19(28-2)20(10-14)29-3/h4-12H,13H2,1-3H3,(H,23,25)(H,24,26)/b9-5-. The normalized spacial score (nSPS) is 11.0. The van der Waals surface area contributed by atoms with E-state index < -0.39 is 0 Å². The van der Waals surface area contributed by atoms with Crippen LogP contribution >= 0.6 is 0 Å². The predicted molar refractivity (Wildman–Crippen MR) is 112 cm³/mol. The molecule has 0 spiro atoms. The molecule has 2 N–H and O–H groups in total. The summed E-state index contributed by atoms with van der Waals surface area (Å²) in [5.74, 6) is 0.905. The van der Waals surface area contributed by atoms with Gasteiger partial charge in [-0.25, -0.2) is 0 Å². The Hall–Kier alpha value is -3.58. The van der Waals surface area contributed by atoms with Gasteiger partial charge in [-0.3, -0.25) is 9.59 Å². The molecule has 29 heavy (non-hydrogen) atoms. The second-order valence-corrected chi connectivity index (χ2v) is 6.29. The lowest BCUT2D eigenvalue weighted by molar-refractivity contribution is -0.111. The van der Waals surface area contributed by atoms with Crippen LogP contribution in [0.2, 0.25) is 0 Å². The predicted octanol–water partition coefficient (Wildman–Crippen LogP) is 3.34. The Morgan fingerprint density at radius 3 is 2.55 bits per heavy atom. The highest BCUT2D eigenvalue weighted by Gasteiger charge is 2.07. The third-order valence-electron chi connectivity index (χ3n) is 4.33. The van der Waals surface area contributed by atoms with Crippen molar-refractivity contribution in [3.63, 3.8) is 0 Å². The molecular formula is C22H22N2O5. The lowest BCUT2D eigenvalue weighted by atomic mass is 10.1. The fraction of sp³-hybridized carbons (Fsp3) is 0.182. The van der Waals surface area contributed by atoms with Crippen LogP contribution in [0.1, 0.15) is 11.1 Å². The van der Waals surface area contributed by atoms with Crippen molar-refractivity contribution >= 4 is 28.6 Å². The van der Waals surface area contributed by atoms with Gasteiger partial charge in [0.05, 0.1) is 26.3 Å². The summed E-state index contributed by atoms with van der Waals surface area (Å²) >= 11 is 0. The van der Waals surface area contributed by atoms with Crippen molar-refractivity contribution in [3.8, 4) is 11.5 Å². The van der Waals surface area contributed by atoms with E-state index in [1.807, 2.05) is 12.1 Å². The summed E-state index contributed by atoms with van der Waals surface area (Å²) in [5, 5.41) is 3.66. The molecule has 1 amide bonds. The highest BCUT2D eigenvalue weighted by molar-refractivity contribution is 6.03. The van der Waals surface area contributed by atoms with E-state index in [1.165, 1.54) is 12.1 Å². The number of methoxy groups -OCH3 is 3. The number of aromatic amines is 1. The number of fused-ring (bicyclic) bond motifs is 1. The van der Waals surface area contributed by atoms with Gasteiger partial charge in [-0.15, -0.1) is 0 Å². The highest BCUT2D eigenvalue weighted by Crippen LogP contribution is 2.28. The summed E-state index contributed by atoms with van der Waals surface area (Å²) < 4.78 is 15.6. The fourth-order valence-corrected chi connectivity index (χ4v) is 3.00. The lowest BCUT2D eigenvalue weighted by Crippen LogP contribution is -2.10. The van der Waals surface area contributed by atoms with Crippen LogP contribution in [0.4, 0.5) is 5.69 Å². The summed E-state index contributed by atoms with van der Waals surface area (Å²) in [6, 6.07) is 12.2. The monoisotopic (exact) mass is 394 g/mol. The number of anilines is 1. The maximum Gasteiger partial charge on any atom is 0.248 e. The first-order valence-electron chi connectivity index (χ1n) is 8.90. The molecule has 0 radical (unpaired) electrons. The summed E-state index contributed by atoms with van der Waals surface area (Å²) in [4.78, 5) is 26.9. The fourth-order valence-electron chi connectivity index (χ4n) is 3.00. The smallest absolute Gasteiger partial charge is 0.248 e. The number of ether oxygens (including phenoxy) is 3. The maximum absolute atomic E-state index is 12.3. The van der Waals surface area contributed by atoms with Crippen LogP contribution < -0.4 is 20.3 Å². The molecular weight excluding hydrogens is 372 g/mol. The lowest BCUT2D eigenvalue weighted by Gasteiger charge is -2.08. The molecule has 0 aliphatic heterocycles. The number of carbonyl (C=O) groups is 1. The molecule has 0 unspecified atom stereocenters. The molecule has 3 rings (SSSR count). The van der Waals surface area contributed by atoms with Gasteiger partial charge in [0.1, 0.15) is 0 Å². The van der Waals surface area contributed by atoms with Crippen molar-refractivity contribution in [2.24, 2.45) is 0 Å². The van der Waals surface area contributed by atoms with Crippen molar-refractivity contribution < 1.29 is 19.0 Å². The van der Waals surface area contributed by atoms with Gasteiger partial charge in [0.25, 0.3) is 0 Å². The zero-order chi connectivity index (χ0) is 20.8. The topological polar surface area (TPSA) is 89.7 Å². The Morgan fingerprint density at radius 1 is 1.03 bits per heavy atom. The SMILES string of the molecule is COCc1cc(=O)[nH]c2cc(NC(=O)/C=C\c3ccc(OC)c(OC)c3)ccc12. The van der Waals surface area contributed by atoms with Crippen LogP contribution in [0.25, 0.3) is 17.0 Å². The van der Waals surface area contributed by atoms with E-state index in [1.54, 1.807) is 51.7 Å². The minimum absolute atomic E-state index is 0.221. The second-order valence-electron chi connectivity index (χ2n) is 6.29. The Bertz CT molecular complexity index is 1120. The number of rotatable bonds is 7. The molecule has 0 bridgehead atoms. The molecule has 0 saturated carbocycles. The van der Waals surface area contributed by atoms with E-state index in [-0.39, 0.29) is 11.5 Å². The van der Waals surface area contributed by atoms with Gasteiger partial charge in [-0.1, -0.05) is 12.1 Å². The van der Waals surface area contributed by atoms with Gasteiger partial charge >= 0.3 is 0 Å². The van der Waals surface area contributed by atoms with Crippen LogP contribution in [0.5, 0.6) is 11.5 Å². The summed E-state index contributed by atoms with van der Waals surface area (Å²) in [5.41, 5.74) is 2.57. The van der Waals surface area contributed by atoms with Crippen LogP contribution in [-0.2, 0) is 16.1 Å². The first-order valence-corrected chi connectivity index (χ1v) is 8.90. The first-order chi connectivity index (χ1) is 14.0. The molecule has 150 valence electrons. The van der Waals surface area contributed by atoms with Crippen molar-refractivity contribution in [1.82, 2.24) is 4.98 Å². The Balaban J connectivity index is 1.77. The van der Waals surface area contributed by atoms with Crippen LogP contribution in [0, 0.1) is 0 Å². The van der Waals surface area contributed by atoms with Crippen molar-refractivity contribution in [2.75, 3.05) is 26.6 Å². The van der Waals surface area contributed by atoms with Gasteiger partial charge in [0.15, 0.2) is 11.5 Å². The van der Waals surface area contributed by atoms with Crippen molar-refractivity contribution in [1.29, 1.82) is 0 Å². The van der Waals surface area contributed by atoms with E-state index in [0.29, 0.717) is 29.3 Å².